The standard InChI is InChI=1S/C21H37N3O/c1-2-13-19-22-20(25-23-19)21-14-10-8-6-4-3-5-7-9-11-16-24(18-21)17-12-15-21/h2-18H2,1H3. The summed E-state index contributed by atoms with van der Waals surface area (Å²) in [5.41, 5.74) is 0.112. The van der Waals surface area contributed by atoms with Crippen molar-refractivity contribution >= 4 is 0 Å². The van der Waals surface area contributed by atoms with Crippen molar-refractivity contribution in [2.75, 3.05) is 19.6 Å². The van der Waals surface area contributed by atoms with E-state index in [1.54, 1.807) is 0 Å². The minimum absolute atomic E-state index is 0.112. The summed E-state index contributed by atoms with van der Waals surface area (Å²) in [4.78, 5) is 7.51. The van der Waals surface area contributed by atoms with Gasteiger partial charge in [0.25, 0.3) is 0 Å². The smallest absolute Gasteiger partial charge is 0.234 e. The lowest BCUT2D eigenvalue weighted by Gasteiger charge is -2.40. The van der Waals surface area contributed by atoms with Crippen LogP contribution in [0.5, 0.6) is 0 Å². The summed E-state index contributed by atoms with van der Waals surface area (Å²) in [7, 11) is 0. The van der Waals surface area contributed by atoms with Gasteiger partial charge >= 0.3 is 0 Å². The van der Waals surface area contributed by atoms with Crippen LogP contribution < -0.4 is 0 Å². The molecular weight excluding hydrogens is 310 g/mol. The Labute approximate surface area is 153 Å². The van der Waals surface area contributed by atoms with Crippen LogP contribution in [0.4, 0.5) is 0 Å². The van der Waals surface area contributed by atoms with E-state index in [0.717, 1.165) is 31.1 Å². The molecule has 2 aliphatic heterocycles. The minimum Gasteiger partial charge on any atom is -0.339 e. The van der Waals surface area contributed by atoms with Gasteiger partial charge in [0.1, 0.15) is 0 Å². The molecule has 0 spiro atoms. The molecule has 1 aromatic heterocycles. The highest BCUT2D eigenvalue weighted by Crippen LogP contribution is 2.38. The Hall–Kier alpha value is -0.900. The average molecular weight is 348 g/mol. The normalized spacial score (nSPS) is 29.9. The quantitative estimate of drug-likeness (QED) is 0.747. The average Bonchev–Trinajstić information content (AvgIpc) is 3.09. The number of fused-ring (bicyclic) bond motifs is 2. The van der Waals surface area contributed by atoms with Gasteiger partial charge in [0.05, 0.1) is 5.41 Å². The van der Waals surface area contributed by atoms with Gasteiger partial charge in [-0.15, -0.1) is 0 Å². The first-order chi connectivity index (χ1) is 12.3. The Kier molecular flexibility index (Phi) is 7.33. The number of hydrogen-bond acceptors (Lipinski definition) is 4. The van der Waals surface area contributed by atoms with Crippen LogP contribution in [0.2, 0.25) is 0 Å². The molecule has 2 aliphatic rings. The molecule has 0 saturated carbocycles. The van der Waals surface area contributed by atoms with Crippen molar-refractivity contribution in [3.63, 3.8) is 0 Å². The van der Waals surface area contributed by atoms with Crippen LogP contribution in [0.25, 0.3) is 0 Å². The van der Waals surface area contributed by atoms with Crippen molar-refractivity contribution in [1.29, 1.82) is 0 Å². The topological polar surface area (TPSA) is 42.2 Å². The highest BCUT2D eigenvalue weighted by Gasteiger charge is 2.41. The molecule has 4 nitrogen and oxygen atoms in total. The van der Waals surface area contributed by atoms with Gasteiger partial charge in [0, 0.05) is 13.0 Å². The maximum absolute atomic E-state index is 5.81. The minimum atomic E-state index is 0.112. The van der Waals surface area contributed by atoms with Crippen molar-refractivity contribution in [2.45, 2.75) is 102 Å². The fourth-order valence-electron chi connectivity index (χ4n) is 4.73. The molecule has 142 valence electrons. The van der Waals surface area contributed by atoms with Gasteiger partial charge in [-0.25, -0.2) is 0 Å². The molecule has 0 amide bonds. The third-order valence-electron chi connectivity index (χ3n) is 6.18. The van der Waals surface area contributed by atoms with E-state index in [1.165, 1.54) is 90.1 Å². The Bertz CT molecular complexity index is 501. The molecular formula is C21H37N3O. The van der Waals surface area contributed by atoms with Crippen LogP contribution in [0.1, 0.15) is 102 Å². The van der Waals surface area contributed by atoms with Crippen molar-refractivity contribution < 1.29 is 4.52 Å². The summed E-state index contributed by atoms with van der Waals surface area (Å²) in [6.45, 7) is 5.80. The Morgan fingerprint density at radius 3 is 2.28 bits per heavy atom. The molecule has 1 aromatic rings. The molecule has 2 fully saturated rings. The number of aromatic nitrogens is 2. The lowest BCUT2D eigenvalue weighted by Crippen LogP contribution is -2.46. The van der Waals surface area contributed by atoms with E-state index < -0.39 is 0 Å². The van der Waals surface area contributed by atoms with E-state index in [0.29, 0.717) is 0 Å². The van der Waals surface area contributed by atoms with E-state index in [1.807, 2.05) is 0 Å². The molecule has 2 bridgehead atoms. The second-order valence-electron chi connectivity index (χ2n) is 8.36. The summed E-state index contributed by atoms with van der Waals surface area (Å²) in [5, 5.41) is 4.28. The number of nitrogens with zero attached hydrogens (tertiary/aromatic N) is 3. The summed E-state index contributed by atoms with van der Waals surface area (Å²) >= 11 is 0. The van der Waals surface area contributed by atoms with Crippen molar-refractivity contribution in [3.05, 3.63) is 11.7 Å². The first kappa shape index (κ1) is 18.9. The SMILES string of the molecule is CCCc1noc(C23CCCCCCCCCCCN(CCC2)C3)n1. The van der Waals surface area contributed by atoms with Gasteiger partial charge in [-0.1, -0.05) is 63.4 Å². The third-order valence-corrected chi connectivity index (χ3v) is 6.18. The number of rotatable bonds is 3. The summed E-state index contributed by atoms with van der Waals surface area (Å²) in [5.74, 6) is 1.84. The van der Waals surface area contributed by atoms with Crippen LogP contribution >= 0.6 is 0 Å². The molecule has 3 heterocycles. The maximum atomic E-state index is 5.81. The van der Waals surface area contributed by atoms with Crippen molar-refractivity contribution in [3.8, 4) is 0 Å². The Balaban J connectivity index is 1.73. The van der Waals surface area contributed by atoms with E-state index in [2.05, 4.69) is 17.0 Å². The molecule has 0 N–H and O–H groups in total. The number of hydrogen-bond donors (Lipinski definition) is 0. The van der Waals surface area contributed by atoms with Gasteiger partial charge in [-0.2, -0.15) is 4.98 Å². The van der Waals surface area contributed by atoms with Crippen LogP contribution in [-0.4, -0.2) is 34.7 Å². The van der Waals surface area contributed by atoms with E-state index in [4.69, 9.17) is 9.51 Å². The molecule has 2 unspecified atom stereocenters. The maximum Gasteiger partial charge on any atom is 0.234 e. The zero-order valence-corrected chi connectivity index (χ0v) is 16.3. The zero-order chi connectivity index (χ0) is 17.4. The predicted octanol–water partition coefficient (Wildman–Crippen LogP) is 5.27. The van der Waals surface area contributed by atoms with E-state index >= 15 is 0 Å². The Morgan fingerprint density at radius 1 is 0.880 bits per heavy atom. The fraction of sp³-hybridized carbons (Fsp3) is 0.905. The van der Waals surface area contributed by atoms with Gasteiger partial charge < -0.3 is 9.42 Å². The number of aryl methyl sites for hydroxylation is 1. The van der Waals surface area contributed by atoms with Crippen LogP contribution in [0.15, 0.2) is 4.52 Å². The largest absolute Gasteiger partial charge is 0.339 e. The van der Waals surface area contributed by atoms with Crippen molar-refractivity contribution in [1.82, 2.24) is 15.0 Å². The summed E-state index contributed by atoms with van der Waals surface area (Å²) < 4.78 is 5.81. The monoisotopic (exact) mass is 347 g/mol. The zero-order valence-electron chi connectivity index (χ0n) is 16.3. The molecule has 4 heteroatoms. The first-order valence-electron chi connectivity index (χ1n) is 10.9. The molecule has 25 heavy (non-hydrogen) atoms. The van der Waals surface area contributed by atoms with Crippen LogP contribution in [0.3, 0.4) is 0 Å². The highest BCUT2D eigenvalue weighted by molar-refractivity contribution is 5.09. The second-order valence-corrected chi connectivity index (χ2v) is 8.36. The van der Waals surface area contributed by atoms with Crippen molar-refractivity contribution in [2.24, 2.45) is 0 Å². The first-order valence-corrected chi connectivity index (χ1v) is 10.9. The van der Waals surface area contributed by atoms with Crippen LogP contribution in [-0.2, 0) is 11.8 Å². The highest BCUT2D eigenvalue weighted by atomic mass is 16.5. The summed E-state index contributed by atoms with van der Waals surface area (Å²) in [6.07, 6.45) is 18.2. The molecule has 2 saturated heterocycles. The molecule has 0 aromatic carbocycles. The third kappa shape index (κ3) is 5.29. The summed E-state index contributed by atoms with van der Waals surface area (Å²) in [6, 6.07) is 0. The van der Waals surface area contributed by atoms with E-state index in [9.17, 15) is 0 Å². The Morgan fingerprint density at radius 2 is 1.52 bits per heavy atom. The molecule has 0 radical (unpaired) electrons. The predicted molar refractivity (Wildman–Crippen MR) is 102 cm³/mol. The fourth-order valence-corrected chi connectivity index (χ4v) is 4.73. The lowest BCUT2D eigenvalue weighted by atomic mass is 9.75. The van der Waals surface area contributed by atoms with Gasteiger partial charge in [-0.05, 0) is 45.2 Å². The van der Waals surface area contributed by atoms with Gasteiger partial charge in [0.2, 0.25) is 5.89 Å². The van der Waals surface area contributed by atoms with Gasteiger partial charge in [0.15, 0.2) is 5.82 Å². The van der Waals surface area contributed by atoms with Crippen LogP contribution in [0, 0.1) is 0 Å². The molecule has 0 aliphatic carbocycles. The second kappa shape index (κ2) is 9.70. The lowest BCUT2D eigenvalue weighted by molar-refractivity contribution is 0.106. The molecule has 3 rings (SSSR count). The van der Waals surface area contributed by atoms with Gasteiger partial charge in [-0.3, -0.25) is 0 Å². The van der Waals surface area contributed by atoms with E-state index in [-0.39, 0.29) is 5.41 Å². The molecule has 2 atom stereocenters. The number of piperidine rings is 1.